The van der Waals surface area contributed by atoms with Gasteiger partial charge in [-0.25, -0.2) is 4.79 Å². The van der Waals surface area contributed by atoms with Crippen molar-refractivity contribution in [3.63, 3.8) is 0 Å². The molecular formula is C43H72O2. The van der Waals surface area contributed by atoms with E-state index >= 15 is 0 Å². The molecule has 0 amide bonds. The van der Waals surface area contributed by atoms with Crippen LogP contribution in [0.15, 0.2) is 18.2 Å². The smallest absolute Gasteiger partial charge is 0.336 e. The molecule has 0 fully saturated rings. The number of fused-ring (bicyclic) bond motifs is 1. The number of rotatable bonds is 29. The van der Waals surface area contributed by atoms with Crippen molar-refractivity contribution in [2.24, 2.45) is 0 Å². The predicted molar refractivity (Wildman–Crippen MR) is 199 cm³/mol. The summed E-state index contributed by atoms with van der Waals surface area (Å²) in [5.41, 5.74) is 6.39. The molecule has 0 aliphatic heterocycles. The Balaban J connectivity index is 2.49. The third-order valence-corrected chi connectivity index (χ3v) is 10.1. The molecule has 0 radical (unpaired) electrons. The highest BCUT2D eigenvalue weighted by Gasteiger charge is 2.20. The number of aryl methyl sites for hydroxylation is 4. The first-order valence-corrected chi connectivity index (χ1v) is 19.9. The molecule has 0 atom stereocenters. The Labute approximate surface area is 279 Å². The van der Waals surface area contributed by atoms with Crippen molar-refractivity contribution < 1.29 is 9.90 Å². The van der Waals surface area contributed by atoms with Gasteiger partial charge in [0, 0.05) is 0 Å². The standard InChI is InChI=1S/C43H72O2/c1-5-9-13-17-21-25-29-36-33-34-40-41(43(44)45)35-37(30-26-22-18-14-10-6-2)39(32-28-24-20-16-12-8-4)42(40)38(36)31-27-23-19-15-11-7-3/h33-35H,5-32H2,1-4H3,(H,44,45). The molecule has 0 unspecified atom stereocenters. The SMILES string of the molecule is CCCCCCCCc1ccc2c(C(=O)O)cc(CCCCCCCC)c(CCCCCCCC)c2c1CCCCCCCC. The first-order valence-electron chi connectivity index (χ1n) is 19.9. The minimum absolute atomic E-state index is 0.535. The normalized spacial score (nSPS) is 11.6. The lowest BCUT2D eigenvalue weighted by molar-refractivity contribution is 0.0699. The summed E-state index contributed by atoms with van der Waals surface area (Å²) in [6.07, 6.45) is 35.4. The minimum Gasteiger partial charge on any atom is -0.478 e. The maximum absolute atomic E-state index is 12.7. The van der Waals surface area contributed by atoms with Crippen LogP contribution in [0.5, 0.6) is 0 Å². The van der Waals surface area contributed by atoms with E-state index in [0.29, 0.717) is 5.56 Å². The van der Waals surface area contributed by atoms with E-state index in [9.17, 15) is 9.90 Å². The van der Waals surface area contributed by atoms with Crippen LogP contribution in [0, 0.1) is 0 Å². The Bertz CT molecular complexity index is 1030. The molecule has 2 heteroatoms. The average molecular weight is 621 g/mol. The number of carbonyl (C=O) groups is 1. The lowest BCUT2D eigenvalue weighted by Crippen LogP contribution is -2.08. The van der Waals surface area contributed by atoms with Crippen LogP contribution in [-0.2, 0) is 25.7 Å². The second kappa shape index (κ2) is 25.3. The fourth-order valence-corrected chi connectivity index (χ4v) is 7.32. The summed E-state index contributed by atoms with van der Waals surface area (Å²) in [6, 6.07) is 6.59. The Morgan fingerprint density at radius 3 is 1.24 bits per heavy atom. The number of benzene rings is 2. The van der Waals surface area contributed by atoms with Gasteiger partial charge in [-0.05, 0) is 90.5 Å². The zero-order valence-electron chi connectivity index (χ0n) is 30.4. The number of aromatic carboxylic acids is 1. The Morgan fingerprint density at radius 2 is 0.822 bits per heavy atom. The second-order valence-corrected chi connectivity index (χ2v) is 14.1. The monoisotopic (exact) mass is 621 g/mol. The summed E-state index contributed by atoms with van der Waals surface area (Å²) in [4.78, 5) is 12.7. The first kappa shape index (κ1) is 39.3. The Morgan fingerprint density at radius 1 is 0.467 bits per heavy atom. The van der Waals surface area contributed by atoms with E-state index < -0.39 is 5.97 Å². The summed E-state index contributed by atoms with van der Waals surface area (Å²) >= 11 is 0. The molecule has 1 N–H and O–H groups in total. The molecule has 2 nitrogen and oxygen atoms in total. The van der Waals surface area contributed by atoms with E-state index in [2.05, 4.69) is 45.9 Å². The van der Waals surface area contributed by atoms with E-state index in [1.807, 2.05) is 0 Å². The number of hydrogen-bond donors (Lipinski definition) is 1. The molecule has 0 aliphatic rings. The zero-order chi connectivity index (χ0) is 32.5. The minimum atomic E-state index is -0.760. The van der Waals surface area contributed by atoms with Crippen LogP contribution in [0.1, 0.15) is 214 Å². The van der Waals surface area contributed by atoms with Crippen LogP contribution >= 0.6 is 0 Å². The molecule has 45 heavy (non-hydrogen) atoms. The van der Waals surface area contributed by atoms with Gasteiger partial charge >= 0.3 is 5.97 Å². The van der Waals surface area contributed by atoms with E-state index in [1.54, 1.807) is 0 Å². The molecule has 2 rings (SSSR count). The van der Waals surface area contributed by atoms with E-state index in [-0.39, 0.29) is 0 Å². The highest BCUT2D eigenvalue weighted by molar-refractivity contribution is 6.06. The van der Waals surface area contributed by atoms with Crippen LogP contribution in [0.3, 0.4) is 0 Å². The molecule has 256 valence electrons. The molecular weight excluding hydrogens is 548 g/mol. The molecule has 0 saturated carbocycles. The van der Waals surface area contributed by atoms with Gasteiger partial charge in [-0.1, -0.05) is 168 Å². The van der Waals surface area contributed by atoms with Crippen molar-refractivity contribution in [1.29, 1.82) is 0 Å². The van der Waals surface area contributed by atoms with Gasteiger partial charge in [-0.3, -0.25) is 0 Å². The summed E-state index contributed by atoms with van der Waals surface area (Å²) in [6.45, 7) is 9.15. The van der Waals surface area contributed by atoms with Gasteiger partial charge in [-0.15, -0.1) is 0 Å². The topological polar surface area (TPSA) is 37.3 Å². The quantitative estimate of drug-likeness (QED) is 0.0919. The third kappa shape index (κ3) is 15.1. The lowest BCUT2D eigenvalue weighted by Gasteiger charge is -2.21. The third-order valence-electron chi connectivity index (χ3n) is 10.1. The number of hydrogen-bond acceptors (Lipinski definition) is 1. The van der Waals surface area contributed by atoms with Gasteiger partial charge in [0.25, 0.3) is 0 Å². The van der Waals surface area contributed by atoms with Gasteiger partial charge < -0.3 is 5.11 Å². The van der Waals surface area contributed by atoms with Crippen molar-refractivity contribution in [2.75, 3.05) is 0 Å². The Kier molecular flexibility index (Phi) is 22.1. The molecule has 0 aliphatic carbocycles. The summed E-state index contributed by atoms with van der Waals surface area (Å²) in [7, 11) is 0. The van der Waals surface area contributed by atoms with Crippen LogP contribution in [0.4, 0.5) is 0 Å². The van der Waals surface area contributed by atoms with Gasteiger partial charge in [0.1, 0.15) is 0 Å². The number of carboxylic acids is 1. The fourth-order valence-electron chi connectivity index (χ4n) is 7.32. The van der Waals surface area contributed by atoms with Gasteiger partial charge in [0.2, 0.25) is 0 Å². The molecule has 0 spiro atoms. The summed E-state index contributed by atoms with van der Waals surface area (Å²) < 4.78 is 0. The van der Waals surface area contributed by atoms with E-state index in [4.69, 9.17) is 0 Å². The van der Waals surface area contributed by atoms with Crippen molar-refractivity contribution in [2.45, 2.75) is 207 Å². The number of unbranched alkanes of at least 4 members (excludes halogenated alkanes) is 20. The van der Waals surface area contributed by atoms with Gasteiger partial charge in [-0.2, -0.15) is 0 Å². The maximum Gasteiger partial charge on any atom is 0.336 e. The van der Waals surface area contributed by atoms with Crippen LogP contribution in [0.25, 0.3) is 10.8 Å². The van der Waals surface area contributed by atoms with Crippen LogP contribution in [0.2, 0.25) is 0 Å². The first-order chi connectivity index (χ1) is 22.1. The second-order valence-electron chi connectivity index (χ2n) is 14.1. The molecule has 0 aromatic heterocycles. The average Bonchev–Trinajstić information content (AvgIpc) is 3.04. The largest absolute Gasteiger partial charge is 0.478 e. The lowest BCUT2D eigenvalue weighted by atomic mass is 9.83. The van der Waals surface area contributed by atoms with E-state index in [1.165, 1.54) is 182 Å². The Hall–Kier alpha value is -1.83. The predicted octanol–water partition coefficient (Wildman–Crippen LogP) is 14.1. The van der Waals surface area contributed by atoms with Gasteiger partial charge in [0.15, 0.2) is 0 Å². The van der Waals surface area contributed by atoms with Crippen molar-refractivity contribution in [3.8, 4) is 0 Å². The molecule has 0 heterocycles. The summed E-state index contributed by atoms with van der Waals surface area (Å²) in [5, 5.41) is 12.8. The van der Waals surface area contributed by atoms with Crippen molar-refractivity contribution in [1.82, 2.24) is 0 Å². The molecule has 0 saturated heterocycles. The van der Waals surface area contributed by atoms with E-state index in [0.717, 1.165) is 31.1 Å². The molecule has 2 aromatic carbocycles. The zero-order valence-corrected chi connectivity index (χ0v) is 30.4. The maximum atomic E-state index is 12.7. The molecule has 0 bridgehead atoms. The number of carboxylic acid groups (broad SMARTS) is 1. The van der Waals surface area contributed by atoms with Gasteiger partial charge in [0.05, 0.1) is 5.56 Å². The highest BCUT2D eigenvalue weighted by Crippen LogP contribution is 2.35. The molecule has 2 aromatic rings. The van der Waals surface area contributed by atoms with Crippen molar-refractivity contribution in [3.05, 3.63) is 46.0 Å². The highest BCUT2D eigenvalue weighted by atomic mass is 16.4. The fraction of sp³-hybridized carbons (Fsp3) is 0.744. The van der Waals surface area contributed by atoms with Crippen LogP contribution in [-0.4, -0.2) is 11.1 Å². The van der Waals surface area contributed by atoms with Crippen LogP contribution < -0.4 is 0 Å². The summed E-state index contributed by atoms with van der Waals surface area (Å²) in [5.74, 6) is -0.760. The van der Waals surface area contributed by atoms with Crippen molar-refractivity contribution >= 4 is 16.7 Å².